The summed E-state index contributed by atoms with van der Waals surface area (Å²) in [4.78, 5) is 32.8. The van der Waals surface area contributed by atoms with Gasteiger partial charge in [0.05, 0.1) is 27.6 Å². The van der Waals surface area contributed by atoms with Crippen LogP contribution in [0.15, 0.2) is 30.3 Å². The third-order valence-corrected chi connectivity index (χ3v) is 6.51. The molecule has 1 heterocycles. The summed E-state index contributed by atoms with van der Waals surface area (Å²) in [7, 11) is 0. The number of imidazole rings is 1. The number of halogens is 4. The second kappa shape index (κ2) is 10.1. The highest BCUT2D eigenvalue weighted by Gasteiger charge is 2.40. The smallest absolute Gasteiger partial charge is 0.258 e. The van der Waals surface area contributed by atoms with Gasteiger partial charge in [-0.15, -0.1) is 0 Å². The van der Waals surface area contributed by atoms with Gasteiger partial charge in [0.2, 0.25) is 5.91 Å². The van der Waals surface area contributed by atoms with Gasteiger partial charge in [-0.2, -0.15) is 0 Å². The Kier molecular flexibility index (Phi) is 7.23. The summed E-state index contributed by atoms with van der Waals surface area (Å²) >= 11 is 11.8. The summed E-state index contributed by atoms with van der Waals surface area (Å²) in [5.41, 5.74) is -0.507. The molecule has 1 aliphatic rings. The minimum atomic E-state index is -1.08. The van der Waals surface area contributed by atoms with Crippen molar-refractivity contribution < 1.29 is 23.1 Å². The zero-order valence-electron chi connectivity index (χ0n) is 18.0. The first-order chi connectivity index (χ1) is 16.3. The Morgan fingerprint density at radius 3 is 2.53 bits per heavy atom. The Labute approximate surface area is 204 Å². The Morgan fingerprint density at radius 1 is 1.06 bits per heavy atom. The van der Waals surface area contributed by atoms with Crippen molar-refractivity contribution in [2.75, 3.05) is 6.61 Å². The van der Waals surface area contributed by atoms with Crippen LogP contribution in [0.25, 0.3) is 11.0 Å². The lowest BCUT2D eigenvalue weighted by Crippen LogP contribution is -2.60. The molecule has 0 atom stereocenters. The predicted molar refractivity (Wildman–Crippen MR) is 124 cm³/mol. The highest BCUT2D eigenvalue weighted by atomic mass is 35.5. The molecule has 3 aromatic rings. The van der Waals surface area contributed by atoms with E-state index in [1.54, 1.807) is 12.1 Å². The topological polar surface area (TPSA) is 96.1 Å². The van der Waals surface area contributed by atoms with Crippen LogP contribution in [0, 0.1) is 11.6 Å². The zero-order chi connectivity index (χ0) is 24.3. The maximum absolute atomic E-state index is 13.4. The van der Waals surface area contributed by atoms with Gasteiger partial charge in [-0.05, 0) is 25.0 Å². The van der Waals surface area contributed by atoms with Gasteiger partial charge in [-0.25, -0.2) is 13.8 Å². The molecule has 0 saturated heterocycles. The number of aromatic amines is 1. The van der Waals surface area contributed by atoms with Crippen molar-refractivity contribution in [1.82, 2.24) is 20.6 Å². The Morgan fingerprint density at radius 2 is 1.79 bits per heavy atom. The van der Waals surface area contributed by atoms with Gasteiger partial charge >= 0.3 is 0 Å². The number of aromatic nitrogens is 2. The van der Waals surface area contributed by atoms with Gasteiger partial charge in [0.25, 0.3) is 5.91 Å². The molecule has 1 saturated carbocycles. The molecule has 11 heteroatoms. The third kappa shape index (κ3) is 5.42. The average Bonchev–Trinajstić information content (AvgIpc) is 3.20. The molecule has 0 bridgehead atoms. The summed E-state index contributed by atoms with van der Waals surface area (Å²) in [5.74, 6) is -2.07. The fourth-order valence-corrected chi connectivity index (χ4v) is 4.35. The van der Waals surface area contributed by atoms with Gasteiger partial charge in [0.1, 0.15) is 17.1 Å². The fourth-order valence-electron chi connectivity index (χ4n) is 4.06. The van der Waals surface area contributed by atoms with Gasteiger partial charge in [0, 0.05) is 18.2 Å². The summed E-state index contributed by atoms with van der Waals surface area (Å²) in [6.45, 7) is -0.290. The Bertz CT molecular complexity index is 1190. The molecule has 0 unspecified atom stereocenters. The number of nitrogens with zero attached hydrogens (tertiary/aromatic N) is 1. The molecule has 2 aromatic carbocycles. The second-order valence-electron chi connectivity index (χ2n) is 8.21. The number of benzene rings is 2. The number of carbonyl (C=O) groups is 2. The van der Waals surface area contributed by atoms with Crippen LogP contribution in [-0.4, -0.2) is 33.9 Å². The molecule has 0 radical (unpaired) electrons. The van der Waals surface area contributed by atoms with Gasteiger partial charge in [-0.3, -0.25) is 9.59 Å². The number of rotatable bonds is 7. The van der Waals surface area contributed by atoms with E-state index >= 15 is 0 Å². The van der Waals surface area contributed by atoms with Crippen molar-refractivity contribution in [3.05, 3.63) is 57.8 Å². The van der Waals surface area contributed by atoms with Crippen molar-refractivity contribution in [2.24, 2.45) is 0 Å². The van der Waals surface area contributed by atoms with Crippen LogP contribution >= 0.6 is 23.2 Å². The van der Waals surface area contributed by atoms with Crippen LogP contribution in [0.3, 0.4) is 0 Å². The quantitative estimate of drug-likeness (QED) is 0.430. The molecule has 0 aliphatic heterocycles. The van der Waals surface area contributed by atoms with E-state index < -0.39 is 23.1 Å². The van der Waals surface area contributed by atoms with E-state index in [2.05, 4.69) is 20.6 Å². The predicted octanol–water partition coefficient (Wildman–Crippen LogP) is 4.66. The number of nitrogens with one attached hydrogen (secondary N) is 3. The second-order valence-corrected chi connectivity index (χ2v) is 9.02. The normalized spacial score (nSPS) is 15.2. The van der Waals surface area contributed by atoms with Crippen molar-refractivity contribution in [3.8, 4) is 5.75 Å². The van der Waals surface area contributed by atoms with Gasteiger partial charge < -0.3 is 20.4 Å². The fraction of sp³-hybridized carbons (Fsp3) is 0.348. The van der Waals surface area contributed by atoms with Gasteiger partial charge in [0.15, 0.2) is 18.2 Å². The lowest BCUT2D eigenvalue weighted by molar-refractivity contribution is -0.136. The molecular formula is C23H22Cl2F2N4O3. The van der Waals surface area contributed by atoms with E-state index in [-0.39, 0.29) is 24.6 Å². The molecule has 1 aliphatic carbocycles. The Balaban J connectivity index is 1.40. The van der Waals surface area contributed by atoms with Crippen LogP contribution in [0.2, 0.25) is 10.0 Å². The molecule has 4 rings (SSSR count). The summed E-state index contributed by atoms with van der Waals surface area (Å²) in [6, 6.07) is 6.66. The van der Waals surface area contributed by atoms with E-state index in [1.807, 2.05) is 0 Å². The van der Waals surface area contributed by atoms with Crippen LogP contribution in [0.4, 0.5) is 8.78 Å². The number of carbonyl (C=O) groups excluding carboxylic acids is 2. The standard InChI is InChI=1S/C23H22Cl2F2N4O3/c24-14-5-4-13(8-15(14)25)34-12-21(32)31-23(6-2-1-3-7-23)22(33)28-11-20-29-18-9-16(26)17(27)10-19(18)30-20/h4-5,8-10H,1-3,6-7,11-12H2,(H,28,33)(H,29,30)(H,31,32). The molecule has 7 nitrogen and oxygen atoms in total. The Hall–Kier alpha value is -2.91. The van der Waals surface area contributed by atoms with E-state index in [9.17, 15) is 18.4 Å². The number of ether oxygens (including phenoxy) is 1. The van der Waals surface area contributed by atoms with Crippen LogP contribution in [0.1, 0.15) is 37.9 Å². The highest BCUT2D eigenvalue weighted by molar-refractivity contribution is 6.42. The molecular weight excluding hydrogens is 489 g/mol. The molecule has 1 fully saturated rings. The number of fused-ring (bicyclic) bond motifs is 1. The maximum Gasteiger partial charge on any atom is 0.258 e. The average molecular weight is 511 g/mol. The SMILES string of the molecule is O=C(COc1ccc(Cl)c(Cl)c1)NC1(C(=O)NCc2nc3cc(F)c(F)cc3[nH]2)CCCCC1. The third-order valence-electron chi connectivity index (χ3n) is 5.77. The summed E-state index contributed by atoms with van der Waals surface area (Å²) in [5, 5.41) is 6.30. The lowest BCUT2D eigenvalue weighted by atomic mass is 9.80. The number of amides is 2. The highest BCUT2D eigenvalue weighted by Crippen LogP contribution is 2.29. The first kappa shape index (κ1) is 24.2. The van der Waals surface area contributed by atoms with Crippen molar-refractivity contribution in [3.63, 3.8) is 0 Å². The van der Waals surface area contributed by atoms with Crippen molar-refractivity contribution in [1.29, 1.82) is 0 Å². The van der Waals surface area contributed by atoms with E-state index in [1.165, 1.54) is 6.07 Å². The molecule has 180 valence electrons. The minimum absolute atomic E-state index is 0.00808. The molecule has 0 spiro atoms. The van der Waals surface area contributed by atoms with Crippen molar-refractivity contribution >= 4 is 46.0 Å². The summed E-state index contributed by atoms with van der Waals surface area (Å²) < 4.78 is 32.4. The van der Waals surface area contributed by atoms with E-state index in [0.29, 0.717) is 40.0 Å². The number of hydrogen-bond donors (Lipinski definition) is 3. The van der Waals surface area contributed by atoms with E-state index in [0.717, 1.165) is 31.4 Å². The zero-order valence-corrected chi connectivity index (χ0v) is 19.5. The van der Waals surface area contributed by atoms with E-state index in [4.69, 9.17) is 27.9 Å². The largest absolute Gasteiger partial charge is 0.484 e. The van der Waals surface area contributed by atoms with Gasteiger partial charge in [-0.1, -0.05) is 42.5 Å². The lowest BCUT2D eigenvalue weighted by Gasteiger charge is -2.36. The molecule has 2 amide bonds. The monoisotopic (exact) mass is 510 g/mol. The maximum atomic E-state index is 13.4. The molecule has 3 N–H and O–H groups in total. The van der Waals surface area contributed by atoms with Crippen LogP contribution in [-0.2, 0) is 16.1 Å². The van der Waals surface area contributed by atoms with Crippen molar-refractivity contribution in [2.45, 2.75) is 44.2 Å². The molecule has 1 aromatic heterocycles. The summed E-state index contributed by atoms with van der Waals surface area (Å²) in [6.07, 6.45) is 3.49. The first-order valence-electron chi connectivity index (χ1n) is 10.8. The molecule has 34 heavy (non-hydrogen) atoms. The van der Waals surface area contributed by atoms with Crippen LogP contribution < -0.4 is 15.4 Å². The minimum Gasteiger partial charge on any atom is -0.484 e. The number of H-pyrrole nitrogens is 1. The van der Waals surface area contributed by atoms with Crippen LogP contribution in [0.5, 0.6) is 5.75 Å². The number of hydrogen-bond acceptors (Lipinski definition) is 4. The first-order valence-corrected chi connectivity index (χ1v) is 11.5.